The molecule has 14 heavy (non-hydrogen) atoms. The largest absolute Gasteiger partial charge is 0.466 e. The zero-order chi connectivity index (χ0) is 10.8. The molecule has 0 aromatic rings. The first kappa shape index (κ1) is 11.5. The highest BCUT2D eigenvalue weighted by Crippen LogP contribution is 2.43. The van der Waals surface area contributed by atoms with Crippen molar-refractivity contribution in [1.29, 1.82) is 0 Å². The molecule has 0 saturated heterocycles. The second-order valence-electron chi connectivity index (χ2n) is 5.17. The molecule has 2 atom stereocenters. The zero-order valence-electron chi connectivity index (χ0n) is 9.80. The lowest BCUT2D eigenvalue weighted by molar-refractivity contribution is -0.155. The number of esters is 1. The predicted molar refractivity (Wildman–Crippen MR) is 56.9 cm³/mol. The predicted octanol–water partition coefficient (Wildman–Crippen LogP) is 3.01. The summed E-state index contributed by atoms with van der Waals surface area (Å²) in [5.74, 6) is 0.771. The van der Waals surface area contributed by atoms with Gasteiger partial charge in [-0.1, -0.05) is 27.2 Å². The van der Waals surface area contributed by atoms with E-state index < -0.39 is 0 Å². The maximum atomic E-state index is 11.7. The molecule has 0 bridgehead atoms. The Morgan fingerprint density at radius 1 is 1.50 bits per heavy atom. The fraction of sp³-hybridized carbons (Fsp3) is 0.917. The Balaban J connectivity index is 2.67. The summed E-state index contributed by atoms with van der Waals surface area (Å²) in [6, 6.07) is 0. The van der Waals surface area contributed by atoms with Crippen LogP contribution in [-0.2, 0) is 9.53 Å². The van der Waals surface area contributed by atoms with Crippen LogP contribution in [0.3, 0.4) is 0 Å². The lowest BCUT2D eigenvalue weighted by atomic mass is 9.66. The Morgan fingerprint density at radius 2 is 2.14 bits per heavy atom. The minimum Gasteiger partial charge on any atom is -0.466 e. The molecule has 1 saturated carbocycles. The molecule has 2 heteroatoms. The van der Waals surface area contributed by atoms with E-state index in [1.165, 1.54) is 6.42 Å². The van der Waals surface area contributed by atoms with Gasteiger partial charge in [0.05, 0.1) is 12.5 Å². The average molecular weight is 198 g/mol. The van der Waals surface area contributed by atoms with Crippen LogP contribution >= 0.6 is 0 Å². The molecule has 2 nitrogen and oxygen atoms in total. The molecule has 1 fully saturated rings. The minimum atomic E-state index is 0.00375. The quantitative estimate of drug-likeness (QED) is 0.637. The highest BCUT2D eigenvalue weighted by molar-refractivity contribution is 5.73. The van der Waals surface area contributed by atoms with Crippen molar-refractivity contribution in [2.24, 2.45) is 17.3 Å². The minimum absolute atomic E-state index is 0.00375. The van der Waals surface area contributed by atoms with Crippen molar-refractivity contribution in [1.82, 2.24) is 0 Å². The molecule has 0 aliphatic heterocycles. The third-order valence-electron chi connectivity index (χ3n) is 3.43. The highest BCUT2D eigenvalue weighted by atomic mass is 16.5. The van der Waals surface area contributed by atoms with Gasteiger partial charge < -0.3 is 4.74 Å². The summed E-state index contributed by atoms with van der Waals surface area (Å²) in [6.45, 7) is 8.96. The van der Waals surface area contributed by atoms with E-state index in [-0.39, 0.29) is 17.3 Å². The van der Waals surface area contributed by atoms with Gasteiger partial charge in [0, 0.05) is 0 Å². The van der Waals surface area contributed by atoms with Crippen LogP contribution in [0.5, 0.6) is 0 Å². The molecule has 0 amide bonds. The second-order valence-corrected chi connectivity index (χ2v) is 5.17. The molecule has 0 N–H and O–H groups in total. The van der Waals surface area contributed by atoms with Gasteiger partial charge in [-0.05, 0) is 31.1 Å². The monoisotopic (exact) mass is 198 g/mol. The smallest absolute Gasteiger partial charge is 0.309 e. The summed E-state index contributed by atoms with van der Waals surface area (Å²) in [4.78, 5) is 11.7. The normalized spacial score (nSPS) is 31.1. The summed E-state index contributed by atoms with van der Waals surface area (Å²) < 4.78 is 5.13. The van der Waals surface area contributed by atoms with E-state index in [2.05, 4.69) is 20.8 Å². The number of carbonyl (C=O) groups excluding carboxylic acids is 1. The van der Waals surface area contributed by atoms with Crippen LogP contribution in [0, 0.1) is 17.3 Å². The lowest BCUT2D eigenvalue weighted by Crippen LogP contribution is -2.37. The Bertz CT molecular complexity index is 208. The van der Waals surface area contributed by atoms with Gasteiger partial charge in [-0.3, -0.25) is 4.79 Å². The van der Waals surface area contributed by atoms with Crippen LogP contribution in [0.25, 0.3) is 0 Å². The van der Waals surface area contributed by atoms with E-state index in [0.29, 0.717) is 12.5 Å². The Kier molecular flexibility index (Phi) is 3.57. The summed E-state index contributed by atoms with van der Waals surface area (Å²) in [6.07, 6.45) is 3.37. The van der Waals surface area contributed by atoms with E-state index >= 15 is 0 Å². The molecule has 0 aromatic carbocycles. The number of hydrogen-bond donors (Lipinski definition) is 0. The van der Waals surface area contributed by atoms with Gasteiger partial charge in [0.1, 0.15) is 0 Å². The summed E-state index contributed by atoms with van der Waals surface area (Å²) in [7, 11) is 0. The molecule has 2 unspecified atom stereocenters. The third-order valence-corrected chi connectivity index (χ3v) is 3.43. The van der Waals surface area contributed by atoms with Crippen molar-refractivity contribution < 1.29 is 9.53 Å². The SMILES string of the molecule is CCOC(=O)C1CC(C)CCC1(C)C. The molecule has 0 radical (unpaired) electrons. The molecule has 0 aromatic heterocycles. The average Bonchev–Trinajstić information content (AvgIpc) is 2.10. The molecular weight excluding hydrogens is 176 g/mol. The molecular formula is C12H22O2. The van der Waals surface area contributed by atoms with Gasteiger partial charge in [0.2, 0.25) is 0 Å². The van der Waals surface area contributed by atoms with Gasteiger partial charge in [-0.15, -0.1) is 0 Å². The van der Waals surface area contributed by atoms with Gasteiger partial charge in [0.15, 0.2) is 0 Å². The van der Waals surface area contributed by atoms with E-state index in [1.54, 1.807) is 0 Å². The van der Waals surface area contributed by atoms with E-state index in [9.17, 15) is 4.79 Å². The Hall–Kier alpha value is -0.530. The first-order valence-corrected chi connectivity index (χ1v) is 5.64. The number of rotatable bonds is 2. The second kappa shape index (κ2) is 4.33. The summed E-state index contributed by atoms with van der Waals surface area (Å²) >= 11 is 0. The van der Waals surface area contributed by atoms with Crippen LogP contribution in [-0.4, -0.2) is 12.6 Å². The Morgan fingerprint density at radius 3 is 2.71 bits per heavy atom. The highest BCUT2D eigenvalue weighted by Gasteiger charge is 2.40. The van der Waals surface area contributed by atoms with E-state index in [4.69, 9.17) is 4.74 Å². The lowest BCUT2D eigenvalue weighted by Gasteiger charge is -2.39. The summed E-state index contributed by atoms with van der Waals surface area (Å²) in [5.41, 5.74) is 0.124. The van der Waals surface area contributed by atoms with Gasteiger partial charge in [-0.25, -0.2) is 0 Å². The maximum Gasteiger partial charge on any atom is 0.309 e. The number of ether oxygens (including phenoxy) is 1. The van der Waals surface area contributed by atoms with Crippen molar-refractivity contribution in [3.8, 4) is 0 Å². The maximum absolute atomic E-state index is 11.7. The fourth-order valence-electron chi connectivity index (χ4n) is 2.29. The number of hydrogen-bond acceptors (Lipinski definition) is 2. The standard InChI is InChI=1S/C12H22O2/c1-5-14-11(13)10-8-9(2)6-7-12(10,3)4/h9-10H,5-8H2,1-4H3. The topological polar surface area (TPSA) is 26.3 Å². The van der Waals surface area contributed by atoms with Crippen LogP contribution in [0.2, 0.25) is 0 Å². The molecule has 82 valence electrons. The van der Waals surface area contributed by atoms with E-state index in [1.807, 2.05) is 6.92 Å². The van der Waals surface area contributed by atoms with Gasteiger partial charge in [0.25, 0.3) is 0 Å². The van der Waals surface area contributed by atoms with Crippen LogP contribution < -0.4 is 0 Å². The van der Waals surface area contributed by atoms with Crippen molar-refractivity contribution in [2.45, 2.75) is 47.0 Å². The van der Waals surface area contributed by atoms with Crippen molar-refractivity contribution in [3.63, 3.8) is 0 Å². The zero-order valence-corrected chi connectivity index (χ0v) is 9.80. The van der Waals surface area contributed by atoms with Crippen molar-refractivity contribution >= 4 is 5.97 Å². The van der Waals surface area contributed by atoms with Crippen molar-refractivity contribution in [2.75, 3.05) is 6.61 Å². The molecule has 1 rings (SSSR count). The summed E-state index contributed by atoms with van der Waals surface area (Å²) in [5, 5.41) is 0. The first-order chi connectivity index (χ1) is 6.47. The Labute approximate surface area is 87.0 Å². The first-order valence-electron chi connectivity index (χ1n) is 5.64. The fourth-order valence-corrected chi connectivity index (χ4v) is 2.29. The molecule has 1 aliphatic rings. The third kappa shape index (κ3) is 2.49. The van der Waals surface area contributed by atoms with Gasteiger partial charge >= 0.3 is 5.97 Å². The molecule has 0 heterocycles. The van der Waals surface area contributed by atoms with Crippen molar-refractivity contribution in [3.05, 3.63) is 0 Å². The van der Waals surface area contributed by atoms with Crippen LogP contribution in [0.15, 0.2) is 0 Å². The molecule has 1 aliphatic carbocycles. The van der Waals surface area contributed by atoms with Crippen LogP contribution in [0.4, 0.5) is 0 Å². The van der Waals surface area contributed by atoms with Gasteiger partial charge in [-0.2, -0.15) is 0 Å². The number of carbonyl (C=O) groups is 1. The van der Waals surface area contributed by atoms with E-state index in [0.717, 1.165) is 12.8 Å². The van der Waals surface area contributed by atoms with Crippen LogP contribution in [0.1, 0.15) is 47.0 Å². The molecule has 0 spiro atoms.